The van der Waals surface area contributed by atoms with Crippen molar-refractivity contribution in [3.63, 3.8) is 0 Å². The number of hydrogen-bond donors (Lipinski definition) is 1. The molecule has 0 aliphatic carbocycles. The highest BCUT2D eigenvalue weighted by Crippen LogP contribution is 2.25. The molecule has 1 N–H and O–H groups in total. The van der Waals surface area contributed by atoms with Gasteiger partial charge in [-0.3, -0.25) is 0 Å². The van der Waals surface area contributed by atoms with Gasteiger partial charge in [0.25, 0.3) is 0 Å². The van der Waals surface area contributed by atoms with Crippen LogP contribution in [-0.2, 0) is 6.42 Å². The minimum absolute atomic E-state index is 0.0849. The number of halogens is 2. The van der Waals surface area contributed by atoms with E-state index < -0.39 is 5.82 Å². The average Bonchev–Trinajstić information content (AvgIpc) is 2.72. The van der Waals surface area contributed by atoms with Crippen LogP contribution >= 0.6 is 11.6 Å². The highest BCUT2D eigenvalue weighted by Gasteiger charge is 2.17. The van der Waals surface area contributed by atoms with Crippen LogP contribution in [0.5, 0.6) is 0 Å². The van der Waals surface area contributed by atoms with Gasteiger partial charge < -0.3 is 9.73 Å². The van der Waals surface area contributed by atoms with Gasteiger partial charge in [-0.25, -0.2) is 9.37 Å². The molecule has 1 unspecified atom stereocenters. The first-order valence-corrected chi connectivity index (χ1v) is 6.55. The van der Waals surface area contributed by atoms with Crippen LogP contribution in [0.15, 0.2) is 16.5 Å². The minimum Gasteiger partial charge on any atom is -0.441 e. The van der Waals surface area contributed by atoms with E-state index in [0.717, 1.165) is 19.5 Å². The molecule has 3 rings (SSSR count). The quantitative estimate of drug-likeness (QED) is 0.909. The molecule has 0 spiro atoms. The Hall–Kier alpha value is -1.13. The molecule has 1 fully saturated rings. The predicted molar refractivity (Wildman–Crippen MR) is 68.3 cm³/mol. The van der Waals surface area contributed by atoms with Crippen LogP contribution in [-0.4, -0.2) is 18.1 Å². The molecule has 0 bridgehead atoms. The summed E-state index contributed by atoms with van der Waals surface area (Å²) in [6.07, 6.45) is 3.16. The largest absolute Gasteiger partial charge is 0.441 e. The lowest BCUT2D eigenvalue weighted by atomic mass is 9.96. The SMILES string of the molecule is Fc1cc2oc(CC3CCCNC3)nc2cc1Cl. The van der Waals surface area contributed by atoms with Gasteiger partial charge in [0, 0.05) is 12.5 Å². The zero-order valence-corrected chi connectivity index (χ0v) is 10.6. The van der Waals surface area contributed by atoms with Crippen LogP contribution in [0.3, 0.4) is 0 Å². The molecular formula is C13H14ClFN2O. The zero-order valence-electron chi connectivity index (χ0n) is 9.88. The van der Waals surface area contributed by atoms with Gasteiger partial charge in [-0.2, -0.15) is 0 Å². The maximum absolute atomic E-state index is 13.3. The van der Waals surface area contributed by atoms with Gasteiger partial charge in [-0.05, 0) is 37.9 Å². The second kappa shape index (κ2) is 4.86. The number of nitrogens with zero attached hydrogens (tertiary/aromatic N) is 1. The van der Waals surface area contributed by atoms with Gasteiger partial charge in [0.15, 0.2) is 11.5 Å². The first kappa shape index (κ1) is 11.9. The molecule has 1 aliphatic rings. The number of fused-ring (bicyclic) bond motifs is 1. The lowest BCUT2D eigenvalue weighted by molar-refractivity contribution is 0.349. The smallest absolute Gasteiger partial charge is 0.195 e. The summed E-state index contributed by atoms with van der Waals surface area (Å²) in [5.74, 6) is 0.749. The molecule has 1 aromatic heterocycles. The summed E-state index contributed by atoms with van der Waals surface area (Å²) >= 11 is 5.72. The normalized spacial score (nSPS) is 20.4. The third kappa shape index (κ3) is 2.35. The van der Waals surface area contributed by atoms with Crippen LogP contribution < -0.4 is 5.32 Å². The average molecular weight is 269 g/mol. The molecule has 3 nitrogen and oxygen atoms in total. The molecule has 1 saturated heterocycles. The minimum atomic E-state index is -0.466. The summed E-state index contributed by atoms with van der Waals surface area (Å²) < 4.78 is 18.9. The Balaban J connectivity index is 1.84. The Morgan fingerprint density at radius 3 is 3.17 bits per heavy atom. The molecular weight excluding hydrogens is 255 g/mol. The fraction of sp³-hybridized carbons (Fsp3) is 0.462. The van der Waals surface area contributed by atoms with Gasteiger partial charge in [0.1, 0.15) is 11.3 Å². The number of aromatic nitrogens is 1. The van der Waals surface area contributed by atoms with Gasteiger partial charge in [0.2, 0.25) is 0 Å². The Kier molecular flexibility index (Phi) is 3.22. The van der Waals surface area contributed by atoms with E-state index in [2.05, 4.69) is 10.3 Å². The van der Waals surface area contributed by atoms with Crippen LogP contribution in [0.1, 0.15) is 18.7 Å². The zero-order chi connectivity index (χ0) is 12.5. The number of benzene rings is 1. The van der Waals surface area contributed by atoms with Crippen molar-refractivity contribution in [1.82, 2.24) is 10.3 Å². The standard InChI is InChI=1S/C13H14ClFN2O/c14-9-5-11-12(6-10(9)15)18-13(17-11)4-8-2-1-3-16-7-8/h5-6,8,16H,1-4,7H2. The van der Waals surface area contributed by atoms with Gasteiger partial charge in [-0.1, -0.05) is 11.6 Å². The number of piperidine rings is 1. The van der Waals surface area contributed by atoms with E-state index in [1.54, 1.807) is 0 Å². The van der Waals surface area contributed by atoms with Crippen molar-refractivity contribution in [3.05, 3.63) is 28.9 Å². The lowest BCUT2D eigenvalue weighted by Crippen LogP contribution is -2.30. The van der Waals surface area contributed by atoms with E-state index >= 15 is 0 Å². The monoisotopic (exact) mass is 268 g/mol. The van der Waals surface area contributed by atoms with Gasteiger partial charge >= 0.3 is 0 Å². The Morgan fingerprint density at radius 2 is 2.39 bits per heavy atom. The molecule has 0 amide bonds. The van der Waals surface area contributed by atoms with E-state index in [1.165, 1.54) is 25.0 Å². The molecule has 2 heterocycles. The van der Waals surface area contributed by atoms with E-state index in [4.69, 9.17) is 16.0 Å². The number of oxazole rings is 1. The molecule has 96 valence electrons. The second-order valence-electron chi connectivity index (χ2n) is 4.76. The Bertz CT molecular complexity index is 524. The van der Waals surface area contributed by atoms with Crippen molar-refractivity contribution in [2.45, 2.75) is 19.3 Å². The first-order chi connectivity index (χ1) is 8.72. The highest BCUT2D eigenvalue weighted by molar-refractivity contribution is 6.31. The fourth-order valence-electron chi connectivity index (χ4n) is 2.40. The summed E-state index contributed by atoms with van der Waals surface area (Å²) in [6.45, 7) is 2.08. The second-order valence-corrected chi connectivity index (χ2v) is 5.17. The topological polar surface area (TPSA) is 38.1 Å². The van der Waals surface area contributed by atoms with Crippen molar-refractivity contribution >= 4 is 22.7 Å². The summed E-state index contributed by atoms with van der Waals surface area (Å²) in [5.41, 5.74) is 1.09. The Morgan fingerprint density at radius 1 is 1.50 bits per heavy atom. The van der Waals surface area contributed by atoms with E-state index in [-0.39, 0.29) is 5.02 Å². The van der Waals surface area contributed by atoms with Crippen LogP contribution in [0.2, 0.25) is 5.02 Å². The Labute approximate surface area is 109 Å². The van der Waals surface area contributed by atoms with E-state index in [0.29, 0.717) is 22.9 Å². The van der Waals surface area contributed by atoms with Gasteiger partial charge in [-0.15, -0.1) is 0 Å². The van der Waals surface area contributed by atoms with Crippen molar-refractivity contribution < 1.29 is 8.81 Å². The van der Waals surface area contributed by atoms with Crippen LogP contribution in [0, 0.1) is 11.7 Å². The molecule has 18 heavy (non-hydrogen) atoms. The van der Waals surface area contributed by atoms with Crippen LogP contribution in [0.4, 0.5) is 4.39 Å². The third-order valence-corrected chi connectivity index (χ3v) is 3.63. The van der Waals surface area contributed by atoms with Crippen LogP contribution in [0.25, 0.3) is 11.1 Å². The summed E-state index contributed by atoms with van der Waals surface area (Å²) in [5, 5.41) is 3.44. The number of nitrogens with one attached hydrogen (secondary N) is 1. The van der Waals surface area contributed by atoms with Crippen molar-refractivity contribution in [2.75, 3.05) is 13.1 Å². The molecule has 5 heteroatoms. The number of hydrogen-bond acceptors (Lipinski definition) is 3. The molecule has 1 aromatic carbocycles. The van der Waals surface area contributed by atoms with Crippen molar-refractivity contribution in [2.24, 2.45) is 5.92 Å². The predicted octanol–water partition coefficient (Wildman–Crippen LogP) is 3.16. The molecule has 0 saturated carbocycles. The molecule has 1 aliphatic heterocycles. The maximum Gasteiger partial charge on any atom is 0.195 e. The summed E-state index contributed by atoms with van der Waals surface area (Å²) in [4.78, 5) is 4.36. The summed E-state index contributed by atoms with van der Waals surface area (Å²) in [7, 11) is 0. The van der Waals surface area contributed by atoms with E-state index in [1.807, 2.05) is 0 Å². The lowest BCUT2D eigenvalue weighted by Gasteiger charge is -2.21. The first-order valence-electron chi connectivity index (χ1n) is 6.17. The molecule has 2 aromatic rings. The highest BCUT2D eigenvalue weighted by atomic mass is 35.5. The maximum atomic E-state index is 13.3. The molecule has 0 radical (unpaired) electrons. The summed E-state index contributed by atoms with van der Waals surface area (Å²) in [6, 6.07) is 2.81. The third-order valence-electron chi connectivity index (χ3n) is 3.34. The van der Waals surface area contributed by atoms with Gasteiger partial charge in [0.05, 0.1) is 5.02 Å². The van der Waals surface area contributed by atoms with Crippen molar-refractivity contribution in [3.8, 4) is 0 Å². The van der Waals surface area contributed by atoms with E-state index in [9.17, 15) is 4.39 Å². The number of rotatable bonds is 2. The fourth-order valence-corrected chi connectivity index (χ4v) is 2.56. The molecule has 1 atom stereocenters. The van der Waals surface area contributed by atoms with Crippen molar-refractivity contribution in [1.29, 1.82) is 0 Å².